The summed E-state index contributed by atoms with van der Waals surface area (Å²) in [7, 11) is 0. The normalized spacial score (nSPS) is 15.8. The zero-order valence-corrected chi connectivity index (χ0v) is 11.3. The molecular weight excluding hydrogens is 257 g/mol. The quantitative estimate of drug-likeness (QED) is 0.907. The number of alkyl halides is 1. The summed E-state index contributed by atoms with van der Waals surface area (Å²) in [5.74, 6) is 0.603. The number of nitrogens with zero attached hydrogens (tertiary/aromatic N) is 4. The maximum atomic E-state index is 13.4. The molecule has 0 bridgehead atoms. The molecule has 2 aromatic rings. The average Bonchev–Trinajstić information content (AvgIpc) is 2.46. The van der Waals surface area contributed by atoms with Gasteiger partial charge in [-0.2, -0.15) is 15.0 Å². The predicted molar refractivity (Wildman–Crippen MR) is 75.0 cm³/mol. The van der Waals surface area contributed by atoms with Crippen LogP contribution in [-0.2, 0) is 13.0 Å². The maximum absolute atomic E-state index is 13.4. The molecule has 0 spiro atoms. The molecule has 5 nitrogen and oxygen atoms in total. The Balaban J connectivity index is 1.91. The van der Waals surface area contributed by atoms with E-state index in [1.165, 1.54) is 18.1 Å². The Labute approximate surface area is 116 Å². The van der Waals surface area contributed by atoms with Crippen LogP contribution in [0.3, 0.4) is 0 Å². The molecule has 0 amide bonds. The van der Waals surface area contributed by atoms with Crippen molar-refractivity contribution in [1.82, 2.24) is 15.0 Å². The molecule has 1 aliphatic heterocycles. The number of nitrogen functional groups attached to an aromatic ring is 1. The molecule has 2 N–H and O–H groups in total. The Morgan fingerprint density at radius 3 is 2.70 bits per heavy atom. The smallest absolute Gasteiger partial charge is 0.230 e. The minimum absolute atomic E-state index is 0.0633. The van der Waals surface area contributed by atoms with E-state index < -0.39 is 6.17 Å². The molecule has 0 saturated heterocycles. The number of fused-ring (bicyclic) bond motifs is 1. The summed E-state index contributed by atoms with van der Waals surface area (Å²) in [6.45, 7) is 2.89. The van der Waals surface area contributed by atoms with Crippen molar-refractivity contribution < 1.29 is 4.39 Å². The summed E-state index contributed by atoms with van der Waals surface area (Å²) in [5.41, 5.74) is 8.22. The molecule has 0 aliphatic carbocycles. The lowest BCUT2D eigenvalue weighted by molar-refractivity contribution is 0.356. The van der Waals surface area contributed by atoms with Gasteiger partial charge in [0.25, 0.3) is 0 Å². The van der Waals surface area contributed by atoms with Crippen molar-refractivity contribution in [2.45, 2.75) is 26.1 Å². The standard InChI is InChI=1S/C14H16FN5/c1-9(15)12-17-13(16)19-14(18-12)20-7-6-10-4-2-3-5-11(10)8-20/h2-5,9H,6-8H2,1H3,(H2,16,17,18,19). The second-order valence-electron chi connectivity index (χ2n) is 4.91. The van der Waals surface area contributed by atoms with Crippen molar-refractivity contribution in [2.24, 2.45) is 0 Å². The largest absolute Gasteiger partial charge is 0.368 e. The van der Waals surface area contributed by atoms with Gasteiger partial charge in [-0.3, -0.25) is 0 Å². The average molecular weight is 273 g/mol. The van der Waals surface area contributed by atoms with Gasteiger partial charge in [-0.1, -0.05) is 24.3 Å². The summed E-state index contributed by atoms with van der Waals surface area (Å²) in [5, 5.41) is 0. The third kappa shape index (κ3) is 2.41. The van der Waals surface area contributed by atoms with Gasteiger partial charge in [-0.05, 0) is 24.5 Å². The van der Waals surface area contributed by atoms with Crippen LogP contribution < -0.4 is 10.6 Å². The zero-order valence-electron chi connectivity index (χ0n) is 11.3. The highest BCUT2D eigenvalue weighted by Crippen LogP contribution is 2.23. The fourth-order valence-electron chi connectivity index (χ4n) is 2.38. The van der Waals surface area contributed by atoms with Crippen molar-refractivity contribution in [3.8, 4) is 0 Å². The van der Waals surface area contributed by atoms with Gasteiger partial charge in [0.2, 0.25) is 11.9 Å². The molecule has 20 heavy (non-hydrogen) atoms. The highest BCUT2D eigenvalue weighted by molar-refractivity contribution is 5.41. The molecule has 0 fully saturated rings. The van der Waals surface area contributed by atoms with E-state index in [2.05, 4.69) is 27.1 Å². The van der Waals surface area contributed by atoms with Gasteiger partial charge in [0, 0.05) is 13.1 Å². The molecule has 0 saturated carbocycles. The first-order valence-electron chi connectivity index (χ1n) is 6.61. The van der Waals surface area contributed by atoms with Crippen LogP contribution in [0.1, 0.15) is 30.0 Å². The lowest BCUT2D eigenvalue weighted by Gasteiger charge is -2.29. The zero-order chi connectivity index (χ0) is 14.1. The third-order valence-corrected chi connectivity index (χ3v) is 3.43. The van der Waals surface area contributed by atoms with E-state index in [4.69, 9.17) is 5.73 Å². The molecule has 3 rings (SSSR count). The van der Waals surface area contributed by atoms with E-state index in [9.17, 15) is 4.39 Å². The number of rotatable bonds is 2. The van der Waals surface area contributed by atoms with E-state index in [0.29, 0.717) is 12.5 Å². The fourth-order valence-corrected chi connectivity index (χ4v) is 2.38. The van der Waals surface area contributed by atoms with Crippen molar-refractivity contribution in [1.29, 1.82) is 0 Å². The number of hydrogen-bond acceptors (Lipinski definition) is 5. The third-order valence-electron chi connectivity index (χ3n) is 3.43. The first-order chi connectivity index (χ1) is 9.63. The maximum Gasteiger partial charge on any atom is 0.230 e. The van der Waals surface area contributed by atoms with Gasteiger partial charge in [0.05, 0.1) is 0 Å². The molecule has 104 valence electrons. The van der Waals surface area contributed by atoms with Crippen LogP contribution in [0.4, 0.5) is 16.3 Å². The number of nitrogens with two attached hydrogens (primary N) is 1. The Kier molecular flexibility index (Phi) is 3.22. The Bertz CT molecular complexity index is 629. The van der Waals surface area contributed by atoms with Gasteiger partial charge in [0.1, 0.15) is 0 Å². The Hall–Kier alpha value is -2.24. The fraction of sp³-hybridized carbons (Fsp3) is 0.357. The highest BCUT2D eigenvalue weighted by Gasteiger charge is 2.20. The van der Waals surface area contributed by atoms with Gasteiger partial charge >= 0.3 is 0 Å². The van der Waals surface area contributed by atoms with Crippen LogP contribution in [0.15, 0.2) is 24.3 Å². The van der Waals surface area contributed by atoms with E-state index in [0.717, 1.165) is 13.0 Å². The second-order valence-corrected chi connectivity index (χ2v) is 4.91. The monoisotopic (exact) mass is 273 g/mol. The Morgan fingerprint density at radius 1 is 1.20 bits per heavy atom. The molecule has 2 heterocycles. The van der Waals surface area contributed by atoms with Crippen molar-refractivity contribution >= 4 is 11.9 Å². The van der Waals surface area contributed by atoms with Crippen LogP contribution in [0, 0.1) is 0 Å². The summed E-state index contributed by atoms with van der Waals surface area (Å²) in [4.78, 5) is 14.1. The molecule has 6 heteroatoms. The lowest BCUT2D eigenvalue weighted by Crippen LogP contribution is -2.32. The van der Waals surface area contributed by atoms with E-state index in [1.54, 1.807) is 0 Å². The van der Waals surface area contributed by atoms with E-state index in [-0.39, 0.29) is 11.8 Å². The number of aromatic nitrogens is 3. The van der Waals surface area contributed by atoms with Crippen molar-refractivity contribution in [3.63, 3.8) is 0 Å². The molecular formula is C14H16FN5. The highest BCUT2D eigenvalue weighted by atomic mass is 19.1. The molecule has 1 aromatic carbocycles. The van der Waals surface area contributed by atoms with Crippen LogP contribution in [0.2, 0.25) is 0 Å². The van der Waals surface area contributed by atoms with Crippen molar-refractivity contribution in [2.75, 3.05) is 17.2 Å². The van der Waals surface area contributed by atoms with Gasteiger partial charge < -0.3 is 10.6 Å². The minimum Gasteiger partial charge on any atom is -0.368 e. The molecule has 1 aliphatic rings. The molecule has 1 unspecified atom stereocenters. The van der Waals surface area contributed by atoms with Gasteiger partial charge in [-0.25, -0.2) is 4.39 Å². The van der Waals surface area contributed by atoms with Crippen LogP contribution in [0.25, 0.3) is 0 Å². The summed E-state index contributed by atoms with van der Waals surface area (Å²) < 4.78 is 13.4. The van der Waals surface area contributed by atoms with E-state index >= 15 is 0 Å². The van der Waals surface area contributed by atoms with Crippen molar-refractivity contribution in [3.05, 3.63) is 41.2 Å². The predicted octanol–water partition coefficient (Wildman–Crippen LogP) is 2.05. The topological polar surface area (TPSA) is 67.9 Å². The van der Waals surface area contributed by atoms with Crippen LogP contribution in [0.5, 0.6) is 0 Å². The lowest BCUT2D eigenvalue weighted by atomic mass is 10.0. The summed E-state index contributed by atoms with van der Waals surface area (Å²) in [6.07, 6.45) is -0.335. The van der Waals surface area contributed by atoms with Gasteiger partial charge in [0.15, 0.2) is 12.0 Å². The number of benzene rings is 1. The van der Waals surface area contributed by atoms with Crippen LogP contribution in [-0.4, -0.2) is 21.5 Å². The first-order valence-corrected chi connectivity index (χ1v) is 6.61. The van der Waals surface area contributed by atoms with Gasteiger partial charge in [-0.15, -0.1) is 0 Å². The number of halogens is 1. The summed E-state index contributed by atoms with van der Waals surface area (Å²) in [6, 6.07) is 8.27. The number of hydrogen-bond donors (Lipinski definition) is 1. The molecule has 0 radical (unpaired) electrons. The Morgan fingerprint density at radius 2 is 1.95 bits per heavy atom. The van der Waals surface area contributed by atoms with Crippen LogP contribution >= 0.6 is 0 Å². The first kappa shape index (κ1) is 12.8. The summed E-state index contributed by atoms with van der Waals surface area (Å²) >= 11 is 0. The molecule has 1 atom stereocenters. The van der Waals surface area contributed by atoms with E-state index in [1.807, 2.05) is 17.0 Å². The number of anilines is 2. The SMILES string of the molecule is CC(F)c1nc(N)nc(N2CCc3ccccc3C2)n1. The minimum atomic E-state index is -1.25. The second kappa shape index (κ2) is 5.03. The molecule has 1 aromatic heterocycles.